The summed E-state index contributed by atoms with van der Waals surface area (Å²) >= 11 is 1.60. The number of nitrogens with one attached hydrogen (secondary N) is 1. The van der Waals surface area contributed by atoms with Crippen LogP contribution >= 0.6 is 11.8 Å². The van der Waals surface area contributed by atoms with Gasteiger partial charge in [0.1, 0.15) is 0 Å². The van der Waals surface area contributed by atoms with Gasteiger partial charge in [-0.25, -0.2) is 9.78 Å². The maximum absolute atomic E-state index is 11.6. The van der Waals surface area contributed by atoms with Gasteiger partial charge in [-0.15, -0.1) is 0 Å². The Hall–Kier alpha value is -2.02. The molecule has 1 aromatic heterocycles. The van der Waals surface area contributed by atoms with Crippen molar-refractivity contribution < 1.29 is 9.59 Å². The maximum atomic E-state index is 11.6. The highest BCUT2D eigenvalue weighted by molar-refractivity contribution is 7.99. The minimum absolute atomic E-state index is 0.110. The fraction of sp³-hybridized carbons (Fsp3) is 0.471. The molecule has 1 saturated heterocycles. The highest BCUT2D eigenvalue weighted by Gasteiger charge is 2.27. The van der Waals surface area contributed by atoms with E-state index in [0.717, 1.165) is 29.2 Å². The van der Waals surface area contributed by atoms with Gasteiger partial charge in [-0.3, -0.25) is 9.69 Å². The number of nitrogens with zero attached hydrogens (tertiary/aromatic N) is 3. The number of urea groups is 1. The van der Waals surface area contributed by atoms with Crippen LogP contribution in [0.25, 0.3) is 11.0 Å². The van der Waals surface area contributed by atoms with Crippen LogP contribution in [-0.2, 0) is 11.3 Å². The molecule has 2 heterocycles. The molecule has 3 rings (SSSR count). The smallest absolute Gasteiger partial charge is 0.324 e. The van der Waals surface area contributed by atoms with Crippen LogP contribution in [0, 0.1) is 0 Å². The molecule has 0 bridgehead atoms. The van der Waals surface area contributed by atoms with E-state index < -0.39 is 0 Å². The number of unbranched alkanes of at least 4 members (excludes halogenated alkanes) is 2. The first-order valence-corrected chi connectivity index (χ1v) is 9.35. The molecule has 6 nitrogen and oxygen atoms in total. The van der Waals surface area contributed by atoms with Gasteiger partial charge in [0, 0.05) is 18.8 Å². The molecular weight excluding hydrogens is 324 g/mol. The second-order valence-corrected chi connectivity index (χ2v) is 6.86. The van der Waals surface area contributed by atoms with Crippen molar-refractivity contribution in [3.05, 3.63) is 24.3 Å². The third-order valence-corrected chi connectivity index (χ3v) is 5.04. The van der Waals surface area contributed by atoms with Crippen LogP contribution in [0.15, 0.2) is 29.4 Å². The van der Waals surface area contributed by atoms with Crippen molar-refractivity contribution in [2.45, 2.75) is 37.9 Å². The van der Waals surface area contributed by atoms with Crippen LogP contribution < -0.4 is 5.32 Å². The van der Waals surface area contributed by atoms with E-state index in [9.17, 15) is 9.59 Å². The summed E-state index contributed by atoms with van der Waals surface area (Å²) in [4.78, 5) is 29.2. The fourth-order valence-electron chi connectivity index (χ4n) is 2.81. The molecule has 1 fully saturated rings. The number of aryl methyl sites for hydroxylation is 1. The second-order valence-electron chi connectivity index (χ2n) is 5.79. The summed E-state index contributed by atoms with van der Waals surface area (Å²) in [6, 6.07) is 7.84. The number of rotatable bonds is 8. The van der Waals surface area contributed by atoms with Gasteiger partial charge in [0.2, 0.25) is 5.91 Å². The number of carbonyl (C=O) groups excluding carboxylic acids is 2. The lowest BCUT2D eigenvalue weighted by Crippen LogP contribution is -2.32. The number of imide groups is 1. The first kappa shape index (κ1) is 16.8. The van der Waals surface area contributed by atoms with Crippen LogP contribution in [0.1, 0.15) is 26.2 Å². The molecule has 0 atom stereocenters. The fourth-order valence-corrected chi connectivity index (χ4v) is 3.77. The Balaban J connectivity index is 1.69. The zero-order chi connectivity index (χ0) is 16.9. The Kier molecular flexibility index (Phi) is 5.40. The summed E-state index contributed by atoms with van der Waals surface area (Å²) in [6.45, 7) is 3.66. The number of para-hydroxylation sites is 2. The van der Waals surface area contributed by atoms with Crippen LogP contribution in [0.5, 0.6) is 0 Å². The minimum Gasteiger partial charge on any atom is -0.329 e. The predicted octanol–water partition coefficient (Wildman–Crippen LogP) is 2.87. The molecule has 7 heteroatoms. The van der Waals surface area contributed by atoms with Crippen LogP contribution in [-0.4, -0.2) is 45.2 Å². The van der Waals surface area contributed by atoms with Gasteiger partial charge in [-0.2, -0.15) is 0 Å². The number of hydrogen-bond acceptors (Lipinski definition) is 4. The number of thioether (sulfide) groups is 1. The van der Waals surface area contributed by atoms with E-state index in [1.165, 1.54) is 17.7 Å². The molecule has 1 aliphatic rings. The molecule has 1 aliphatic heterocycles. The molecule has 0 aliphatic carbocycles. The summed E-state index contributed by atoms with van der Waals surface area (Å²) in [6.07, 6.45) is 3.50. The topological polar surface area (TPSA) is 67.2 Å². The van der Waals surface area contributed by atoms with E-state index in [1.54, 1.807) is 11.8 Å². The third kappa shape index (κ3) is 3.56. The summed E-state index contributed by atoms with van der Waals surface area (Å²) in [7, 11) is 0. The maximum Gasteiger partial charge on any atom is 0.324 e. The Morgan fingerprint density at radius 1 is 1.21 bits per heavy atom. The highest BCUT2D eigenvalue weighted by Crippen LogP contribution is 2.25. The number of carbonyl (C=O) groups is 2. The number of hydrogen-bond donors (Lipinski definition) is 1. The normalized spacial score (nSPS) is 14.6. The van der Waals surface area contributed by atoms with Crippen molar-refractivity contribution in [2.24, 2.45) is 0 Å². The lowest BCUT2D eigenvalue weighted by atomic mass is 10.2. The molecule has 1 aromatic carbocycles. The van der Waals surface area contributed by atoms with Crippen LogP contribution in [0.4, 0.5) is 4.79 Å². The summed E-state index contributed by atoms with van der Waals surface area (Å²) < 4.78 is 2.25. The number of amides is 3. The molecule has 0 saturated carbocycles. The highest BCUT2D eigenvalue weighted by atomic mass is 32.2. The summed E-state index contributed by atoms with van der Waals surface area (Å²) in [5, 5.41) is 3.50. The standard InChI is InChI=1S/C17H22N4O2S/c1-2-3-6-9-20-14-8-5-4-7-13(14)19-17(20)24-11-10-21-15(22)12-18-16(21)23/h4-5,7-8H,2-3,6,9-12H2,1H3,(H,18,23). The molecule has 0 unspecified atom stereocenters. The van der Waals surface area contributed by atoms with E-state index >= 15 is 0 Å². The molecule has 128 valence electrons. The van der Waals surface area contributed by atoms with E-state index in [0.29, 0.717) is 12.3 Å². The van der Waals surface area contributed by atoms with Crippen molar-refractivity contribution in [2.75, 3.05) is 18.8 Å². The first-order chi connectivity index (χ1) is 11.7. The molecule has 0 spiro atoms. The zero-order valence-corrected chi connectivity index (χ0v) is 14.6. The quantitative estimate of drug-likeness (QED) is 0.453. The number of imidazole rings is 1. The Morgan fingerprint density at radius 3 is 2.79 bits per heavy atom. The molecular formula is C17H22N4O2S. The lowest BCUT2D eigenvalue weighted by Gasteiger charge is -2.12. The number of aromatic nitrogens is 2. The molecule has 0 radical (unpaired) electrons. The first-order valence-electron chi connectivity index (χ1n) is 8.37. The van der Waals surface area contributed by atoms with E-state index in [-0.39, 0.29) is 18.5 Å². The van der Waals surface area contributed by atoms with Crippen molar-refractivity contribution in [1.82, 2.24) is 19.8 Å². The van der Waals surface area contributed by atoms with Crippen molar-refractivity contribution >= 4 is 34.7 Å². The van der Waals surface area contributed by atoms with Crippen molar-refractivity contribution in [1.29, 1.82) is 0 Å². The predicted molar refractivity (Wildman–Crippen MR) is 95.1 cm³/mol. The molecule has 3 amide bonds. The Morgan fingerprint density at radius 2 is 2.04 bits per heavy atom. The van der Waals surface area contributed by atoms with Gasteiger partial charge >= 0.3 is 6.03 Å². The monoisotopic (exact) mass is 346 g/mol. The minimum atomic E-state index is -0.294. The average molecular weight is 346 g/mol. The van der Waals surface area contributed by atoms with Gasteiger partial charge in [-0.05, 0) is 18.6 Å². The van der Waals surface area contributed by atoms with Gasteiger partial charge in [0.15, 0.2) is 5.16 Å². The van der Waals surface area contributed by atoms with Gasteiger partial charge in [0.25, 0.3) is 0 Å². The zero-order valence-electron chi connectivity index (χ0n) is 13.8. The van der Waals surface area contributed by atoms with Crippen molar-refractivity contribution in [3.63, 3.8) is 0 Å². The largest absolute Gasteiger partial charge is 0.329 e. The Labute approximate surface area is 145 Å². The number of fused-ring (bicyclic) bond motifs is 1. The van der Waals surface area contributed by atoms with Crippen LogP contribution in [0.2, 0.25) is 0 Å². The van der Waals surface area contributed by atoms with Gasteiger partial charge in [-0.1, -0.05) is 43.7 Å². The molecule has 1 N–H and O–H groups in total. The summed E-state index contributed by atoms with van der Waals surface area (Å²) in [5.41, 5.74) is 2.14. The second kappa shape index (κ2) is 7.70. The SMILES string of the molecule is CCCCCn1c(SCCN2C(=O)CNC2=O)nc2ccccc21. The van der Waals surface area contributed by atoms with E-state index in [2.05, 4.69) is 22.9 Å². The molecule has 24 heavy (non-hydrogen) atoms. The van der Waals surface area contributed by atoms with Gasteiger partial charge in [0.05, 0.1) is 17.6 Å². The lowest BCUT2D eigenvalue weighted by molar-refractivity contribution is -0.124. The Bertz CT molecular complexity index is 727. The average Bonchev–Trinajstić information content (AvgIpc) is 3.10. The number of benzene rings is 1. The molecule has 2 aromatic rings. The summed E-state index contributed by atoms with van der Waals surface area (Å²) in [5.74, 6) is 0.494. The van der Waals surface area contributed by atoms with Crippen LogP contribution in [0.3, 0.4) is 0 Å². The van der Waals surface area contributed by atoms with E-state index in [1.807, 2.05) is 18.2 Å². The van der Waals surface area contributed by atoms with E-state index in [4.69, 9.17) is 4.98 Å². The third-order valence-electron chi connectivity index (χ3n) is 4.09. The van der Waals surface area contributed by atoms with Crippen molar-refractivity contribution in [3.8, 4) is 0 Å². The van der Waals surface area contributed by atoms with Gasteiger partial charge < -0.3 is 9.88 Å².